The number of para-hydroxylation sites is 1. The highest BCUT2D eigenvalue weighted by Gasteiger charge is 2.21. The number of ether oxygens (including phenoxy) is 2. The van der Waals surface area contributed by atoms with Crippen molar-refractivity contribution in [2.24, 2.45) is 0 Å². The molecule has 2 rings (SSSR count). The Labute approximate surface area is 137 Å². The van der Waals surface area contributed by atoms with Crippen molar-refractivity contribution in [3.8, 4) is 5.75 Å². The van der Waals surface area contributed by atoms with Crippen molar-refractivity contribution < 1.29 is 24.2 Å². The molecule has 1 aromatic carbocycles. The fourth-order valence-corrected chi connectivity index (χ4v) is 2.65. The Morgan fingerprint density at radius 3 is 2.57 bits per heavy atom. The lowest BCUT2D eigenvalue weighted by molar-refractivity contribution is 0.0517. The summed E-state index contributed by atoms with van der Waals surface area (Å²) < 4.78 is 10.5. The molecule has 122 valence electrons. The van der Waals surface area contributed by atoms with E-state index < -0.39 is 18.4 Å². The molecule has 7 heteroatoms. The zero-order chi connectivity index (χ0) is 16.7. The van der Waals surface area contributed by atoms with E-state index in [-0.39, 0.29) is 6.54 Å². The van der Waals surface area contributed by atoms with E-state index in [4.69, 9.17) is 14.6 Å². The molecular formula is C16H17NO5S. The van der Waals surface area contributed by atoms with Crippen LogP contribution in [0.5, 0.6) is 5.75 Å². The number of carbonyl (C=O) groups excluding carboxylic acids is 1. The van der Waals surface area contributed by atoms with Crippen molar-refractivity contribution in [2.45, 2.75) is 12.5 Å². The smallest absolute Gasteiger partial charge is 0.465 e. The molecule has 0 bridgehead atoms. The van der Waals surface area contributed by atoms with Gasteiger partial charge in [-0.05, 0) is 23.6 Å². The van der Waals surface area contributed by atoms with Gasteiger partial charge < -0.3 is 19.5 Å². The topological polar surface area (TPSA) is 76.1 Å². The third-order valence-corrected chi connectivity index (χ3v) is 4.06. The Kier molecular flexibility index (Phi) is 5.99. The van der Waals surface area contributed by atoms with Gasteiger partial charge in [-0.2, -0.15) is 0 Å². The first kappa shape index (κ1) is 16.8. The van der Waals surface area contributed by atoms with Crippen molar-refractivity contribution in [1.82, 2.24) is 4.90 Å². The highest BCUT2D eigenvalue weighted by Crippen LogP contribution is 2.26. The summed E-state index contributed by atoms with van der Waals surface area (Å²) in [4.78, 5) is 24.8. The van der Waals surface area contributed by atoms with Gasteiger partial charge in [0.2, 0.25) is 0 Å². The zero-order valence-corrected chi connectivity index (χ0v) is 13.4. The third-order valence-electron chi connectivity index (χ3n) is 3.10. The van der Waals surface area contributed by atoms with Crippen molar-refractivity contribution in [2.75, 3.05) is 13.6 Å². The first-order chi connectivity index (χ1) is 11.1. The van der Waals surface area contributed by atoms with Crippen molar-refractivity contribution in [3.05, 3.63) is 52.7 Å². The summed E-state index contributed by atoms with van der Waals surface area (Å²) in [7, 11) is 1.47. The molecule has 0 saturated carbocycles. The van der Waals surface area contributed by atoms with E-state index in [1.807, 2.05) is 23.6 Å². The first-order valence-corrected chi connectivity index (χ1v) is 7.85. The van der Waals surface area contributed by atoms with Crippen LogP contribution in [-0.2, 0) is 4.74 Å². The van der Waals surface area contributed by atoms with Gasteiger partial charge in [-0.1, -0.05) is 24.3 Å². The fraction of sp³-hybridized carbons (Fsp3) is 0.250. The second-order valence-corrected chi connectivity index (χ2v) is 5.76. The van der Waals surface area contributed by atoms with E-state index in [1.165, 1.54) is 18.4 Å². The lowest BCUT2D eigenvalue weighted by Crippen LogP contribution is -2.27. The number of nitrogens with zero attached hydrogens (tertiary/aromatic N) is 1. The Morgan fingerprint density at radius 2 is 1.96 bits per heavy atom. The van der Waals surface area contributed by atoms with Crippen LogP contribution in [0.2, 0.25) is 0 Å². The lowest BCUT2D eigenvalue weighted by atomic mass is 10.2. The first-order valence-electron chi connectivity index (χ1n) is 6.97. The molecule has 1 N–H and O–H groups in total. The van der Waals surface area contributed by atoms with E-state index >= 15 is 0 Å². The molecule has 1 amide bonds. The monoisotopic (exact) mass is 335 g/mol. The maximum absolute atomic E-state index is 11.9. The minimum Gasteiger partial charge on any atom is -0.465 e. The van der Waals surface area contributed by atoms with Crippen LogP contribution < -0.4 is 4.74 Å². The molecule has 1 aromatic heterocycles. The molecule has 0 aliphatic rings. The van der Waals surface area contributed by atoms with E-state index in [0.29, 0.717) is 12.2 Å². The van der Waals surface area contributed by atoms with E-state index in [0.717, 1.165) is 9.78 Å². The molecular weight excluding hydrogens is 318 g/mol. The highest BCUT2D eigenvalue weighted by atomic mass is 32.1. The van der Waals surface area contributed by atoms with Gasteiger partial charge in [-0.15, -0.1) is 11.3 Å². The molecule has 0 aliphatic heterocycles. The fourth-order valence-electron chi connectivity index (χ4n) is 1.87. The second-order valence-electron chi connectivity index (χ2n) is 4.78. The summed E-state index contributed by atoms with van der Waals surface area (Å²) >= 11 is 1.44. The molecule has 0 fully saturated rings. The maximum atomic E-state index is 11.9. The SMILES string of the molecule is CN(CCC(OC(=O)Oc1ccccc1)c1cccs1)C(=O)O. The number of carboxylic acid groups (broad SMARTS) is 1. The summed E-state index contributed by atoms with van der Waals surface area (Å²) in [6.07, 6.45) is -2.03. The molecule has 1 heterocycles. The normalized spacial score (nSPS) is 11.5. The summed E-state index contributed by atoms with van der Waals surface area (Å²) in [5.74, 6) is 0.394. The average molecular weight is 335 g/mol. The van der Waals surface area contributed by atoms with Crippen LogP contribution >= 0.6 is 11.3 Å². The number of carbonyl (C=O) groups is 2. The van der Waals surface area contributed by atoms with E-state index in [1.54, 1.807) is 24.3 Å². The summed E-state index contributed by atoms with van der Waals surface area (Å²) in [5, 5.41) is 10.8. The van der Waals surface area contributed by atoms with E-state index in [2.05, 4.69) is 0 Å². The van der Waals surface area contributed by atoms with Crippen LogP contribution in [-0.4, -0.2) is 35.8 Å². The summed E-state index contributed by atoms with van der Waals surface area (Å²) in [6, 6.07) is 12.3. The molecule has 1 atom stereocenters. The summed E-state index contributed by atoms with van der Waals surface area (Å²) in [5.41, 5.74) is 0. The molecule has 0 spiro atoms. The van der Waals surface area contributed by atoms with Gasteiger partial charge in [0.15, 0.2) is 0 Å². The second kappa shape index (κ2) is 8.19. The van der Waals surface area contributed by atoms with Crippen LogP contribution in [0.4, 0.5) is 9.59 Å². The summed E-state index contributed by atoms with van der Waals surface area (Å²) in [6.45, 7) is 0.247. The number of hydrogen-bond acceptors (Lipinski definition) is 5. The van der Waals surface area contributed by atoms with Crippen molar-refractivity contribution in [1.29, 1.82) is 0 Å². The van der Waals surface area contributed by atoms with Crippen LogP contribution in [0.1, 0.15) is 17.4 Å². The highest BCUT2D eigenvalue weighted by molar-refractivity contribution is 7.10. The minimum absolute atomic E-state index is 0.247. The van der Waals surface area contributed by atoms with Gasteiger partial charge in [0.05, 0.1) is 0 Å². The standard InChI is InChI=1S/C16H17NO5S/c1-17(15(18)19)10-9-13(14-8-5-11-23-14)22-16(20)21-12-6-3-2-4-7-12/h2-8,11,13H,9-10H2,1H3,(H,18,19). The molecule has 0 radical (unpaired) electrons. The lowest BCUT2D eigenvalue weighted by Gasteiger charge is -2.19. The van der Waals surface area contributed by atoms with Gasteiger partial charge in [-0.25, -0.2) is 9.59 Å². The number of thiophene rings is 1. The number of benzene rings is 1. The quantitative estimate of drug-likeness (QED) is 0.638. The van der Waals surface area contributed by atoms with Crippen LogP contribution in [0.25, 0.3) is 0 Å². The zero-order valence-electron chi connectivity index (χ0n) is 12.5. The third kappa shape index (κ3) is 5.30. The number of rotatable bonds is 6. The molecule has 0 aliphatic carbocycles. The van der Waals surface area contributed by atoms with Gasteiger partial charge >= 0.3 is 12.2 Å². The van der Waals surface area contributed by atoms with Crippen molar-refractivity contribution >= 4 is 23.6 Å². The molecule has 0 saturated heterocycles. The van der Waals surface area contributed by atoms with E-state index in [9.17, 15) is 9.59 Å². The number of amides is 1. The Hall–Kier alpha value is -2.54. The van der Waals surface area contributed by atoms with Crippen molar-refractivity contribution in [3.63, 3.8) is 0 Å². The maximum Gasteiger partial charge on any atom is 0.514 e. The van der Waals surface area contributed by atoms with Crippen LogP contribution in [0.15, 0.2) is 47.8 Å². The van der Waals surface area contributed by atoms with Crippen LogP contribution in [0, 0.1) is 0 Å². The Bertz CT molecular complexity index is 629. The molecule has 6 nitrogen and oxygen atoms in total. The molecule has 2 aromatic rings. The van der Waals surface area contributed by atoms with Gasteiger partial charge in [0.25, 0.3) is 0 Å². The predicted molar refractivity (Wildman–Crippen MR) is 85.9 cm³/mol. The largest absolute Gasteiger partial charge is 0.514 e. The van der Waals surface area contributed by atoms with Gasteiger partial charge in [0.1, 0.15) is 11.9 Å². The van der Waals surface area contributed by atoms with Gasteiger partial charge in [0, 0.05) is 24.9 Å². The Morgan fingerprint density at radius 1 is 1.22 bits per heavy atom. The number of hydrogen-bond donors (Lipinski definition) is 1. The predicted octanol–water partition coefficient (Wildman–Crippen LogP) is 4.00. The van der Waals surface area contributed by atoms with Crippen LogP contribution in [0.3, 0.4) is 0 Å². The molecule has 23 heavy (non-hydrogen) atoms. The Balaban J connectivity index is 1.97. The van der Waals surface area contributed by atoms with Gasteiger partial charge in [-0.3, -0.25) is 0 Å². The molecule has 1 unspecified atom stereocenters. The average Bonchev–Trinajstić information content (AvgIpc) is 3.06. The minimum atomic E-state index is -1.03.